The van der Waals surface area contributed by atoms with Crippen molar-refractivity contribution in [1.29, 1.82) is 0 Å². The van der Waals surface area contributed by atoms with E-state index >= 15 is 0 Å². The molecule has 1 rings (SSSR count). The van der Waals surface area contributed by atoms with E-state index in [1.54, 1.807) is 6.92 Å². The van der Waals surface area contributed by atoms with Gasteiger partial charge in [-0.05, 0) is 19.4 Å². The van der Waals surface area contributed by atoms with Crippen molar-refractivity contribution in [3.63, 3.8) is 0 Å². The van der Waals surface area contributed by atoms with Crippen LogP contribution in [0.3, 0.4) is 0 Å². The van der Waals surface area contributed by atoms with Crippen molar-refractivity contribution in [3.8, 4) is 0 Å². The number of hydrogen-bond donors (Lipinski definition) is 1. The lowest BCUT2D eigenvalue weighted by molar-refractivity contribution is -0.134. The molecule has 1 aromatic rings. The average Bonchev–Trinajstić information content (AvgIpc) is 2.15. The molecule has 5 heteroatoms. The summed E-state index contributed by atoms with van der Waals surface area (Å²) in [6, 6.07) is 7.57. The van der Waals surface area contributed by atoms with E-state index in [0.29, 0.717) is 6.54 Å². The van der Waals surface area contributed by atoms with Gasteiger partial charge in [0.05, 0.1) is 15.5 Å². The van der Waals surface area contributed by atoms with Gasteiger partial charge in [-0.25, -0.2) is 8.57 Å². The van der Waals surface area contributed by atoms with E-state index in [1.807, 2.05) is 31.2 Å². The first-order valence-corrected chi connectivity index (χ1v) is 7.26. The summed E-state index contributed by atoms with van der Waals surface area (Å²) in [5.74, 6) is -1.26. The van der Waals surface area contributed by atoms with Crippen LogP contribution in [-0.2, 0) is 20.3 Å². The van der Waals surface area contributed by atoms with E-state index in [-0.39, 0.29) is 5.75 Å². The molecule has 4 nitrogen and oxygen atoms in total. The van der Waals surface area contributed by atoms with Gasteiger partial charge in [0.1, 0.15) is 5.75 Å². The maximum atomic E-state index is 12.3. The van der Waals surface area contributed by atoms with Gasteiger partial charge in [-0.3, -0.25) is 4.79 Å². The Hall–Kier alpha value is -1.36. The van der Waals surface area contributed by atoms with Crippen molar-refractivity contribution in [2.45, 2.75) is 19.6 Å². The molecule has 1 unspecified atom stereocenters. The zero-order valence-electron chi connectivity index (χ0n) is 10.0. The standard InChI is InChI=1S/C12H17NO3S/c1-3-13-17(16,9-12(14)15)8-11-6-4-5-10(2)7-11/h4-7H,3,8-9H2,1-2H3,(H,14,15). The van der Waals surface area contributed by atoms with Crippen LogP contribution in [0.25, 0.3) is 0 Å². The Kier molecular flexibility index (Phi) is 4.69. The molecule has 0 fully saturated rings. The number of aliphatic carboxylic acids is 1. The molecule has 0 bridgehead atoms. The fourth-order valence-electron chi connectivity index (χ4n) is 1.63. The van der Waals surface area contributed by atoms with Crippen LogP contribution in [0.2, 0.25) is 0 Å². The largest absolute Gasteiger partial charge is 0.481 e. The number of aryl methyl sites for hydroxylation is 1. The lowest BCUT2D eigenvalue weighted by Gasteiger charge is -2.08. The molecule has 0 saturated heterocycles. The number of rotatable bonds is 5. The van der Waals surface area contributed by atoms with Crippen LogP contribution in [0, 0.1) is 6.92 Å². The van der Waals surface area contributed by atoms with Gasteiger partial charge in [-0.1, -0.05) is 29.8 Å². The monoisotopic (exact) mass is 255 g/mol. The van der Waals surface area contributed by atoms with Gasteiger partial charge in [0.25, 0.3) is 0 Å². The van der Waals surface area contributed by atoms with E-state index in [2.05, 4.69) is 4.36 Å². The molecule has 17 heavy (non-hydrogen) atoms. The normalized spacial score (nSPS) is 14.0. The topological polar surface area (TPSA) is 66.7 Å². The number of benzene rings is 1. The van der Waals surface area contributed by atoms with Gasteiger partial charge in [0.2, 0.25) is 0 Å². The molecule has 94 valence electrons. The molecule has 0 amide bonds. The highest BCUT2D eigenvalue weighted by Crippen LogP contribution is 2.11. The molecule has 0 aliphatic heterocycles. The van der Waals surface area contributed by atoms with Crippen LogP contribution < -0.4 is 0 Å². The van der Waals surface area contributed by atoms with E-state index < -0.39 is 21.5 Å². The zero-order valence-corrected chi connectivity index (χ0v) is 10.9. The summed E-state index contributed by atoms with van der Waals surface area (Å²) in [4.78, 5) is 10.7. The van der Waals surface area contributed by atoms with Gasteiger partial charge >= 0.3 is 5.97 Å². The molecule has 0 spiro atoms. The Labute approximate surface area is 102 Å². The molecular weight excluding hydrogens is 238 g/mol. The molecule has 1 aromatic carbocycles. The minimum atomic E-state index is -2.68. The van der Waals surface area contributed by atoms with E-state index in [4.69, 9.17) is 5.11 Å². The third-order valence-electron chi connectivity index (χ3n) is 2.19. The summed E-state index contributed by atoms with van der Waals surface area (Å²) in [6.07, 6.45) is 0. The Bertz CT molecular complexity index is 516. The third kappa shape index (κ3) is 4.56. The van der Waals surface area contributed by atoms with E-state index in [1.165, 1.54) is 0 Å². The quantitative estimate of drug-likeness (QED) is 0.875. The van der Waals surface area contributed by atoms with Crippen LogP contribution in [0.15, 0.2) is 28.6 Å². The number of carboxylic acid groups (broad SMARTS) is 1. The molecule has 0 radical (unpaired) electrons. The summed E-state index contributed by atoms with van der Waals surface area (Å²) >= 11 is 0. The van der Waals surface area contributed by atoms with Crippen molar-refractivity contribution >= 4 is 15.7 Å². The molecule has 0 aliphatic carbocycles. The van der Waals surface area contributed by atoms with Crippen molar-refractivity contribution < 1.29 is 14.1 Å². The summed E-state index contributed by atoms with van der Waals surface area (Å²) in [6.45, 7) is 4.08. The first-order valence-electron chi connectivity index (χ1n) is 5.41. The SMILES string of the molecule is CCN=S(=O)(CC(=O)O)Cc1cccc(C)c1. The highest BCUT2D eigenvalue weighted by atomic mass is 32.2. The third-order valence-corrected chi connectivity index (χ3v) is 4.40. The molecule has 0 aromatic heterocycles. The number of carbonyl (C=O) groups is 1. The fourth-order valence-corrected chi connectivity index (χ4v) is 3.47. The number of carboxylic acids is 1. The summed E-state index contributed by atoms with van der Waals surface area (Å²) in [5.41, 5.74) is 1.93. The zero-order chi connectivity index (χ0) is 12.9. The molecule has 1 atom stereocenters. The van der Waals surface area contributed by atoms with Crippen molar-refractivity contribution in [2.75, 3.05) is 12.3 Å². The summed E-state index contributed by atoms with van der Waals surface area (Å²) in [5, 5.41) is 8.77. The van der Waals surface area contributed by atoms with Crippen molar-refractivity contribution in [2.24, 2.45) is 4.36 Å². The predicted octanol–water partition coefficient (Wildman–Crippen LogP) is 2.07. The van der Waals surface area contributed by atoms with Crippen LogP contribution in [0.1, 0.15) is 18.1 Å². The average molecular weight is 255 g/mol. The number of hydrogen-bond acceptors (Lipinski definition) is 3. The minimum Gasteiger partial charge on any atom is -0.481 e. The Morgan fingerprint density at radius 3 is 2.71 bits per heavy atom. The Morgan fingerprint density at radius 1 is 1.47 bits per heavy atom. The predicted molar refractivity (Wildman–Crippen MR) is 68.5 cm³/mol. The Morgan fingerprint density at radius 2 is 2.18 bits per heavy atom. The maximum absolute atomic E-state index is 12.3. The van der Waals surface area contributed by atoms with Gasteiger partial charge < -0.3 is 5.11 Å². The lowest BCUT2D eigenvalue weighted by atomic mass is 10.2. The van der Waals surface area contributed by atoms with Gasteiger partial charge in [-0.2, -0.15) is 0 Å². The van der Waals surface area contributed by atoms with Gasteiger partial charge in [0, 0.05) is 6.54 Å². The smallest absolute Gasteiger partial charge is 0.317 e. The Balaban J connectivity index is 2.99. The van der Waals surface area contributed by atoms with Crippen LogP contribution in [-0.4, -0.2) is 27.6 Å². The minimum absolute atomic E-state index is 0.203. The van der Waals surface area contributed by atoms with Crippen LogP contribution in [0.5, 0.6) is 0 Å². The molecule has 0 aliphatic rings. The van der Waals surface area contributed by atoms with Gasteiger partial charge in [-0.15, -0.1) is 0 Å². The maximum Gasteiger partial charge on any atom is 0.317 e. The first-order chi connectivity index (χ1) is 7.95. The molecular formula is C12H17NO3S. The number of nitrogens with zero attached hydrogens (tertiary/aromatic N) is 1. The van der Waals surface area contributed by atoms with Crippen molar-refractivity contribution in [3.05, 3.63) is 35.4 Å². The molecule has 1 N–H and O–H groups in total. The first kappa shape index (κ1) is 13.7. The van der Waals surface area contributed by atoms with Gasteiger partial charge in [0.15, 0.2) is 0 Å². The highest BCUT2D eigenvalue weighted by molar-refractivity contribution is 7.93. The van der Waals surface area contributed by atoms with Crippen LogP contribution >= 0.6 is 0 Å². The van der Waals surface area contributed by atoms with E-state index in [9.17, 15) is 9.00 Å². The summed E-state index contributed by atoms with van der Waals surface area (Å²) < 4.78 is 16.3. The highest BCUT2D eigenvalue weighted by Gasteiger charge is 2.14. The van der Waals surface area contributed by atoms with E-state index in [0.717, 1.165) is 11.1 Å². The molecule has 0 heterocycles. The second-order valence-electron chi connectivity index (χ2n) is 3.89. The second kappa shape index (κ2) is 5.82. The van der Waals surface area contributed by atoms with Crippen molar-refractivity contribution in [1.82, 2.24) is 0 Å². The lowest BCUT2D eigenvalue weighted by Crippen LogP contribution is -2.17. The summed E-state index contributed by atoms with van der Waals surface area (Å²) in [7, 11) is -2.68. The van der Waals surface area contributed by atoms with Crippen LogP contribution in [0.4, 0.5) is 0 Å². The fraction of sp³-hybridized carbons (Fsp3) is 0.417. The second-order valence-corrected chi connectivity index (χ2v) is 6.27. The molecule has 0 saturated carbocycles.